The van der Waals surface area contributed by atoms with Gasteiger partial charge in [0.1, 0.15) is 12.8 Å². The second-order valence-corrected chi connectivity index (χ2v) is 11.2. The van der Waals surface area contributed by atoms with Crippen molar-refractivity contribution in [3.8, 4) is 0 Å². The lowest BCUT2D eigenvalue weighted by Gasteiger charge is -2.38. The molecule has 0 spiro atoms. The molecule has 3 aromatic rings. The molecule has 4 rings (SSSR count). The third-order valence-electron chi connectivity index (χ3n) is 8.25. The van der Waals surface area contributed by atoms with E-state index in [1.54, 1.807) is 12.0 Å². The minimum atomic E-state index is -0.486. The lowest BCUT2D eigenvalue weighted by molar-refractivity contribution is -0.162. The van der Waals surface area contributed by atoms with Crippen molar-refractivity contribution in [2.24, 2.45) is 5.92 Å². The Labute approximate surface area is 245 Å². The summed E-state index contributed by atoms with van der Waals surface area (Å²) in [6.45, 7) is 5.16. The van der Waals surface area contributed by atoms with Crippen LogP contribution in [0.1, 0.15) is 75.1 Å². The standard InChI is InChI=1S/C35H44N2O4/c1-27(2)35(41-26-40-3,30-20-11-6-12-21-30)24-14-13-23-32(38)37-25-15-22-31(37)34(39)36-33(28-16-7-4-8-17-28)29-18-9-5-10-19-29/h4-12,16-21,27,31,33H,13-15,22-26H2,1-3H3,(H,36,39)/t31?,35-/m1/s1. The average molecular weight is 557 g/mol. The number of rotatable bonds is 14. The van der Waals surface area contributed by atoms with Crippen molar-refractivity contribution in [2.75, 3.05) is 20.4 Å². The summed E-state index contributed by atoms with van der Waals surface area (Å²) in [6, 6.07) is 29.5. The van der Waals surface area contributed by atoms with E-state index in [4.69, 9.17) is 9.47 Å². The Morgan fingerprint density at radius 1 is 0.902 bits per heavy atom. The largest absolute Gasteiger partial charge is 0.359 e. The maximum Gasteiger partial charge on any atom is 0.243 e. The summed E-state index contributed by atoms with van der Waals surface area (Å²) < 4.78 is 11.6. The summed E-state index contributed by atoms with van der Waals surface area (Å²) in [7, 11) is 1.64. The second kappa shape index (κ2) is 14.9. The van der Waals surface area contributed by atoms with Crippen LogP contribution in [0, 0.1) is 5.92 Å². The first-order valence-electron chi connectivity index (χ1n) is 14.8. The number of hydrogen-bond donors (Lipinski definition) is 1. The number of nitrogens with zero attached hydrogens (tertiary/aromatic N) is 1. The number of nitrogens with one attached hydrogen (secondary N) is 1. The molecule has 0 aromatic heterocycles. The minimum absolute atomic E-state index is 0.0475. The molecule has 218 valence electrons. The first-order chi connectivity index (χ1) is 20.0. The van der Waals surface area contributed by atoms with Gasteiger partial charge in [0.05, 0.1) is 11.6 Å². The summed E-state index contributed by atoms with van der Waals surface area (Å²) in [4.78, 5) is 28.7. The van der Waals surface area contributed by atoms with Crippen LogP contribution in [-0.2, 0) is 24.7 Å². The van der Waals surface area contributed by atoms with E-state index in [0.29, 0.717) is 19.4 Å². The number of amides is 2. The van der Waals surface area contributed by atoms with Gasteiger partial charge in [0, 0.05) is 20.1 Å². The summed E-state index contributed by atoms with van der Waals surface area (Å²) in [6.07, 6.45) is 4.28. The van der Waals surface area contributed by atoms with Gasteiger partial charge < -0.3 is 19.7 Å². The lowest BCUT2D eigenvalue weighted by Crippen LogP contribution is -2.47. The molecule has 1 N–H and O–H groups in total. The fourth-order valence-electron chi connectivity index (χ4n) is 6.01. The predicted octanol–water partition coefficient (Wildman–Crippen LogP) is 6.62. The van der Waals surface area contributed by atoms with Gasteiger partial charge >= 0.3 is 0 Å². The van der Waals surface area contributed by atoms with E-state index >= 15 is 0 Å². The van der Waals surface area contributed by atoms with Gasteiger partial charge in [0.25, 0.3) is 0 Å². The Bertz CT molecular complexity index is 1180. The monoisotopic (exact) mass is 556 g/mol. The van der Waals surface area contributed by atoms with E-state index in [1.165, 1.54) is 0 Å². The van der Waals surface area contributed by atoms with Gasteiger partial charge in [0.2, 0.25) is 11.8 Å². The van der Waals surface area contributed by atoms with E-state index in [-0.39, 0.29) is 30.6 Å². The smallest absolute Gasteiger partial charge is 0.243 e. The fourth-order valence-corrected chi connectivity index (χ4v) is 6.01. The van der Waals surface area contributed by atoms with Crippen molar-refractivity contribution >= 4 is 11.8 Å². The van der Waals surface area contributed by atoms with E-state index in [2.05, 4.69) is 31.3 Å². The van der Waals surface area contributed by atoms with Gasteiger partial charge in [-0.15, -0.1) is 0 Å². The van der Waals surface area contributed by atoms with Crippen LogP contribution < -0.4 is 5.32 Å². The molecule has 6 heteroatoms. The van der Waals surface area contributed by atoms with Crippen molar-refractivity contribution in [2.45, 2.75) is 70.1 Å². The maximum atomic E-state index is 13.6. The van der Waals surface area contributed by atoms with Crippen LogP contribution in [0.2, 0.25) is 0 Å². The van der Waals surface area contributed by atoms with Gasteiger partial charge in [-0.25, -0.2) is 0 Å². The minimum Gasteiger partial charge on any atom is -0.359 e. The molecule has 1 unspecified atom stereocenters. The van der Waals surface area contributed by atoms with Crippen LogP contribution in [0.3, 0.4) is 0 Å². The Hall–Kier alpha value is -3.48. The molecule has 6 nitrogen and oxygen atoms in total. The van der Waals surface area contributed by atoms with Crippen LogP contribution in [0.5, 0.6) is 0 Å². The maximum absolute atomic E-state index is 13.6. The number of likely N-dealkylation sites (tertiary alicyclic amines) is 1. The third-order valence-corrected chi connectivity index (χ3v) is 8.25. The van der Waals surface area contributed by atoms with Crippen LogP contribution in [-0.4, -0.2) is 43.2 Å². The van der Waals surface area contributed by atoms with Crippen molar-refractivity contribution in [1.29, 1.82) is 0 Å². The third kappa shape index (κ3) is 7.63. The molecule has 1 heterocycles. The zero-order chi connectivity index (χ0) is 29.1. The first-order valence-corrected chi connectivity index (χ1v) is 14.8. The highest BCUT2D eigenvalue weighted by Gasteiger charge is 2.37. The number of carbonyl (C=O) groups excluding carboxylic acids is 2. The fraction of sp³-hybridized carbons (Fsp3) is 0.429. The number of carbonyl (C=O) groups is 2. The Kier molecular flexibility index (Phi) is 11.1. The molecule has 1 aliphatic rings. The van der Waals surface area contributed by atoms with Gasteiger partial charge in [-0.3, -0.25) is 9.59 Å². The average Bonchev–Trinajstić information content (AvgIpc) is 3.51. The Balaban J connectivity index is 1.38. The first kappa shape index (κ1) is 30.5. The van der Waals surface area contributed by atoms with Crippen molar-refractivity contribution in [3.63, 3.8) is 0 Å². The normalized spacial score (nSPS) is 16.6. The molecule has 0 radical (unpaired) electrons. The zero-order valence-electron chi connectivity index (χ0n) is 24.6. The molecule has 1 fully saturated rings. The summed E-state index contributed by atoms with van der Waals surface area (Å²) >= 11 is 0. The molecule has 0 aliphatic carbocycles. The van der Waals surface area contributed by atoms with Crippen LogP contribution in [0.15, 0.2) is 91.0 Å². The van der Waals surface area contributed by atoms with Crippen LogP contribution in [0.4, 0.5) is 0 Å². The molecule has 3 aromatic carbocycles. The topological polar surface area (TPSA) is 67.9 Å². The number of hydrogen-bond acceptors (Lipinski definition) is 4. The summed E-state index contributed by atoms with van der Waals surface area (Å²) in [5.74, 6) is 0.181. The zero-order valence-corrected chi connectivity index (χ0v) is 24.6. The van der Waals surface area contributed by atoms with Gasteiger partial charge in [-0.05, 0) is 54.7 Å². The number of unbranched alkanes of at least 4 members (excludes halogenated alkanes) is 1. The van der Waals surface area contributed by atoms with E-state index < -0.39 is 11.6 Å². The molecule has 1 aliphatic heterocycles. The number of methoxy groups -OCH3 is 1. The van der Waals surface area contributed by atoms with E-state index in [1.807, 2.05) is 78.9 Å². The van der Waals surface area contributed by atoms with E-state index in [0.717, 1.165) is 42.4 Å². The highest BCUT2D eigenvalue weighted by atomic mass is 16.7. The quantitative estimate of drug-likeness (QED) is 0.179. The molecular formula is C35H44N2O4. The Morgan fingerprint density at radius 3 is 2.05 bits per heavy atom. The predicted molar refractivity (Wildman–Crippen MR) is 162 cm³/mol. The van der Waals surface area contributed by atoms with Gasteiger partial charge in [-0.1, -0.05) is 105 Å². The van der Waals surface area contributed by atoms with Gasteiger partial charge in [0.15, 0.2) is 0 Å². The lowest BCUT2D eigenvalue weighted by atomic mass is 9.79. The number of benzene rings is 3. The molecule has 1 saturated heterocycles. The molecule has 2 amide bonds. The van der Waals surface area contributed by atoms with Crippen LogP contribution in [0.25, 0.3) is 0 Å². The SMILES string of the molecule is COCO[C@@](CCCCC(=O)N1CCCC1C(=O)NC(c1ccccc1)c1ccccc1)(c1ccccc1)C(C)C. The molecule has 0 saturated carbocycles. The second-order valence-electron chi connectivity index (χ2n) is 11.2. The van der Waals surface area contributed by atoms with Crippen LogP contribution >= 0.6 is 0 Å². The molecule has 41 heavy (non-hydrogen) atoms. The molecule has 2 atom stereocenters. The highest BCUT2D eigenvalue weighted by molar-refractivity contribution is 5.88. The summed E-state index contributed by atoms with van der Waals surface area (Å²) in [5, 5.41) is 3.25. The number of ether oxygens (including phenoxy) is 2. The van der Waals surface area contributed by atoms with Crippen molar-refractivity contribution < 1.29 is 19.1 Å². The molecular weight excluding hydrogens is 512 g/mol. The van der Waals surface area contributed by atoms with Crippen molar-refractivity contribution in [1.82, 2.24) is 10.2 Å². The van der Waals surface area contributed by atoms with Crippen molar-refractivity contribution in [3.05, 3.63) is 108 Å². The Morgan fingerprint density at radius 2 is 1.49 bits per heavy atom. The van der Waals surface area contributed by atoms with E-state index in [9.17, 15) is 9.59 Å². The highest BCUT2D eigenvalue weighted by Crippen LogP contribution is 2.39. The van der Waals surface area contributed by atoms with Gasteiger partial charge in [-0.2, -0.15) is 0 Å². The summed E-state index contributed by atoms with van der Waals surface area (Å²) in [5.41, 5.74) is 2.68. The molecule has 0 bridgehead atoms.